The molecule has 2 aromatic carbocycles. The standard InChI is InChI=1S/C20H24N2O2/c1-21-11-13-22(14-12-21)15-16-24-19-9-7-18(8-10-19)20(23)17-5-3-2-4-6-17/h2-10H,11-16H2,1H3/p+2. The normalized spacial score (nSPS) is 20.5. The van der Waals surface area contributed by atoms with E-state index in [1.54, 1.807) is 9.80 Å². The van der Waals surface area contributed by atoms with Gasteiger partial charge in [-0.2, -0.15) is 0 Å². The molecule has 24 heavy (non-hydrogen) atoms. The molecular weight excluding hydrogens is 300 g/mol. The summed E-state index contributed by atoms with van der Waals surface area (Å²) in [6.45, 7) is 6.69. The maximum absolute atomic E-state index is 12.4. The summed E-state index contributed by atoms with van der Waals surface area (Å²) in [6, 6.07) is 16.8. The second-order valence-corrected chi connectivity index (χ2v) is 6.53. The summed E-state index contributed by atoms with van der Waals surface area (Å²) in [4.78, 5) is 15.6. The number of ketones is 1. The van der Waals surface area contributed by atoms with Crippen molar-refractivity contribution in [1.29, 1.82) is 0 Å². The maximum atomic E-state index is 12.4. The summed E-state index contributed by atoms with van der Waals surface area (Å²) in [5.74, 6) is 0.880. The minimum atomic E-state index is 0.0477. The number of rotatable bonds is 6. The molecule has 0 aromatic heterocycles. The summed E-state index contributed by atoms with van der Waals surface area (Å²) in [6.07, 6.45) is 0. The highest BCUT2D eigenvalue weighted by molar-refractivity contribution is 6.08. The van der Waals surface area contributed by atoms with Gasteiger partial charge in [-0.05, 0) is 24.3 Å². The Morgan fingerprint density at radius 3 is 2.21 bits per heavy atom. The predicted molar refractivity (Wildman–Crippen MR) is 94.0 cm³/mol. The number of likely N-dealkylation sites (N-methyl/N-ethyl adjacent to an activating group) is 1. The monoisotopic (exact) mass is 326 g/mol. The van der Waals surface area contributed by atoms with E-state index in [-0.39, 0.29) is 5.78 Å². The lowest BCUT2D eigenvalue weighted by atomic mass is 10.0. The second-order valence-electron chi connectivity index (χ2n) is 6.53. The Morgan fingerprint density at radius 2 is 1.54 bits per heavy atom. The quantitative estimate of drug-likeness (QED) is 0.716. The molecule has 1 fully saturated rings. The van der Waals surface area contributed by atoms with Crippen LogP contribution < -0.4 is 14.5 Å². The Morgan fingerprint density at radius 1 is 0.917 bits per heavy atom. The van der Waals surface area contributed by atoms with E-state index in [0.29, 0.717) is 11.1 Å². The van der Waals surface area contributed by atoms with Crippen molar-refractivity contribution in [1.82, 2.24) is 0 Å². The topological polar surface area (TPSA) is 35.2 Å². The number of piperazine rings is 1. The van der Waals surface area contributed by atoms with Crippen LogP contribution in [0.3, 0.4) is 0 Å². The van der Waals surface area contributed by atoms with Gasteiger partial charge in [0.1, 0.15) is 45.1 Å². The van der Waals surface area contributed by atoms with Crippen LogP contribution in [0.15, 0.2) is 54.6 Å². The van der Waals surface area contributed by atoms with Gasteiger partial charge in [0.15, 0.2) is 5.78 Å². The van der Waals surface area contributed by atoms with Gasteiger partial charge in [0, 0.05) is 11.1 Å². The van der Waals surface area contributed by atoms with E-state index in [0.717, 1.165) is 18.9 Å². The minimum Gasteiger partial charge on any atom is -0.488 e. The van der Waals surface area contributed by atoms with E-state index >= 15 is 0 Å². The third-order valence-electron chi connectivity index (χ3n) is 4.69. The van der Waals surface area contributed by atoms with Crippen molar-refractivity contribution in [2.75, 3.05) is 46.4 Å². The van der Waals surface area contributed by atoms with Crippen LogP contribution in [-0.4, -0.2) is 52.2 Å². The third kappa shape index (κ3) is 4.43. The first-order chi connectivity index (χ1) is 11.7. The van der Waals surface area contributed by atoms with Gasteiger partial charge in [-0.3, -0.25) is 4.79 Å². The molecule has 0 unspecified atom stereocenters. The minimum absolute atomic E-state index is 0.0477. The fraction of sp³-hybridized carbons (Fsp3) is 0.350. The molecule has 4 heteroatoms. The fourth-order valence-corrected chi connectivity index (χ4v) is 3.05. The maximum Gasteiger partial charge on any atom is 0.193 e. The van der Waals surface area contributed by atoms with E-state index in [1.165, 1.54) is 26.2 Å². The number of hydrogen-bond donors (Lipinski definition) is 2. The lowest BCUT2D eigenvalue weighted by Crippen LogP contribution is -3.27. The lowest BCUT2D eigenvalue weighted by molar-refractivity contribution is -1.00. The molecule has 1 saturated heterocycles. The first-order valence-corrected chi connectivity index (χ1v) is 8.70. The van der Waals surface area contributed by atoms with Gasteiger partial charge in [0.25, 0.3) is 0 Å². The summed E-state index contributed by atoms with van der Waals surface area (Å²) >= 11 is 0. The number of quaternary nitrogens is 2. The second kappa shape index (κ2) is 8.08. The lowest BCUT2D eigenvalue weighted by Gasteiger charge is -2.27. The zero-order valence-corrected chi connectivity index (χ0v) is 14.3. The van der Waals surface area contributed by atoms with Crippen molar-refractivity contribution in [3.8, 4) is 5.75 Å². The van der Waals surface area contributed by atoms with Crippen molar-refractivity contribution in [3.05, 3.63) is 65.7 Å². The number of benzene rings is 2. The first kappa shape index (κ1) is 16.7. The Kier molecular flexibility index (Phi) is 5.62. The molecule has 0 atom stereocenters. The Hall–Kier alpha value is -2.17. The molecule has 1 aliphatic rings. The van der Waals surface area contributed by atoms with Crippen LogP contribution in [0.25, 0.3) is 0 Å². The molecule has 4 nitrogen and oxygen atoms in total. The number of nitrogens with one attached hydrogen (secondary N) is 2. The van der Waals surface area contributed by atoms with Crippen molar-refractivity contribution < 1.29 is 19.3 Å². The SMILES string of the molecule is C[NH+]1CC[NH+](CCOc2ccc(C(=O)c3ccccc3)cc2)CC1. The highest BCUT2D eigenvalue weighted by Gasteiger charge is 2.19. The largest absolute Gasteiger partial charge is 0.488 e. The number of carbonyl (C=O) groups excluding carboxylic acids is 1. The summed E-state index contributed by atoms with van der Waals surface area (Å²) < 4.78 is 5.84. The average molecular weight is 326 g/mol. The van der Waals surface area contributed by atoms with Crippen LogP contribution in [0.4, 0.5) is 0 Å². The molecule has 126 valence electrons. The van der Waals surface area contributed by atoms with E-state index in [4.69, 9.17) is 4.74 Å². The van der Waals surface area contributed by atoms with Gasteiger partial charge < -0.3 is 14.5 Å². The van der Waals surface area contributed by atoms with Crippen LogP contribution in [0, 0.1) is 0 Å². The molecule has 1 heterocycles. The van der Waals surface area contributed by atoms with E-state index in [9.17, 15) is 4.79 Å². The molecule has 0 saturated carbocycles. The van der Waals surface area contributed by atoms with Crippen LogP contribution in [0.2, 0.25) is 0 Å². The van der Waals surface area contributed by atoms with Crippen LogP contribution in [0.5, 0.6) is 5.75 Å². The third-order valence-corrected chi connectivity index (χ3v) is 4.69. The highest BCUT2D eigenvalue weighted by Crippen LogP contribution is 2.15. The van der Waals surface area contributed by atoms with Crippen LogP contribution in [0.1, 0.15) is 15.9 Å². The fourth-order valence-electron chi connectivity index (χ4n) is 3.05. The summed E-state index contributed by atoms with van der Waals surface area (Å²) in [5, 5.41) is 0. The van der Waals surface area contributed by atoms with Gasteiger partial charge in [0.2, 0.25) is 0 Å². The van der Waals surface area contributed by atoms with Crippen molar-refractivity contribution in [3.63, 3.8) is 0 Å². The molecule has 3 rings (SSSR count). The van der Waals surface area contributed by atoms with Crippen molar-refractivity contribution in [2.45, 2.75) is 0 Å². The molecule has 0 aliphatic carbocycles. The van der Waals surface area contributed by atoms with E-state index in [1.807, 2.05) is 54.6 Å². The average Bonchev–Trinajstić information content (AvgIpc) is 2.64. The number of carbonyl (C=O) groups is 1. The van der Waals surface area contributed by atoms with Gasteiger partial charge in [-0.1, -0.05) is 30.3 Å². The smallest absolute Gasteiger partial charge is 0.193 e. The molecule has 0 bridgehead atoms. The molecule has 2 N–H and O–H groups in total. The van der Waals surface area contributed by atoms with Crippen LogP contribution in [-0.2, 0) is 0 Å². The predicted octanol–water partition coefficient (Wildman–Crippen LogP) is -0.290. The zero-order chi connectivity index (χ0) is 16.8. The van der Waals surface area contributed by atoms with E-state index < -0.39 is 0 Å². The first-order valence-electron chi connectivity index (χ1n) is 8.70. The van der Waals surface area contributed by atoms with Gasteiger partial charge in [-0.25, -0.2) is 0 Å². The Bertz CT molecular complexity index is 647. The molecule has 0 radical (unpaired) electrons. The summed E-state index contributed by atoms with van der Waals surface area (Å²) in [7, 11) is 2.26. The van der Waals surface area contributed by atoms with Gasteiger partial charge in [-0.15, -0.1) is 0 Å². The molecule has 0 spiro atoms. The highest BCUT2D eigenvalue weighted by atomic mass is 16.5. The summed E-state index contributed by atoms with van der Waals surface area (Å²) in [5.41, 5.74) is 1.41. The Balaban J connectivity index is 1.49. The molecule has 2 aromatic rings. The van der Waals surface area contributed by atoms with Crippen molar-refractivity contribution >= 4 is 5.78 Å². The van der Waals surface area contributed by atoms with Gasteiger partial charge >= 0.3 is 0 Å². The number of ether oxygens (including phenoxy) is 1. The van der Waals surface area contributed by atoms with Crippen LogP contribution >= 0.6 is 0 Å². The zero-order valence-electron chi connectivity index (χ0n) is 14.3. The molecule has 1 aliphatic heterocycles. The molecule has 0 amide bonds. The molecular formula is C20H26N2O2+2. The van der Waals surface area contributed by atoms with Gasteiger partial charge in [0.05, 0.1) is 7.05 Å². The number of hydrogen-bond acceptors (Lipinski definition) is 2. The van der Waals surface area contributed by atoms with E-state index in [2.05, 4.69) is 7.05 Å². The Labute approximate surface area is 143 Å². The van der Waals surface area contributed by atoms with Crippen molar-refractivity contribution in [2.24, 2.45) is 0 Å².